The maximum Gasteiger partial charge on any atom is 0.514 e. The molecule has 1 aliphatic heterocycles. The molecule has 19 heavy (non-hydrogen) atoms. The highest BCUT2D eigenvalue weighted by Crippen LogP contribution is 2.36. The molecule has 3 heterocycles. The van der Waals surface area contributed by atoms with Gasteiger partial charge in [-0.3, -0.25) is 4.98 Å². The smallest absolute Gasteiger partial charge is 0.398 e. The van der Waals surface area contributed by atoms with Crippen LogP contribution in [0.25, 0.3) is 5.65 Å². The van der Waals surface area contributed by atoms with Gasteiger partial charge in [-0.25, -0.2) is 4.98 Å². The third kappa shape index (κ3) is 1.86. The molecular weight excluding hydrogens is 241 g/mol. The molecule has 0 aliphatic carbocycles. The molecule has 0 unspecified atom stereocenters. The van der Waals surface area contributed by atoms with Crippen LogP contribution < -0.4 is 5.59 Å². The van der Waals surface area contributed by atoms with Crippen LogP contribution in [0, 0.1) is 6.92 Å². The van der Waals surface area contributed by atoms with E-state index in [1.54, 1.807) is 12.4 Å². The average Bonchev–Trinajstić information content (AvgIpc) is 2.75. The first-order chi connectivity index (χ1) is 8.80. The Morgan fingerprint density at radius 3 is 2.37 bits per heavy atom. The molecule has 3 rings (SSSR count). The van der Waals surface area contributed by atoms with E-state index in [1.165, 1.54) is 0 Å². The molecule has 6 heteroatoms. The van der Waals surface area contributed by atoms with Gasteiger partial charge in [0.15, 0.2) is 5.65 Å². The van der Waals surface area contributed by atoms with Gasteiger partial charge in [0.1, 0.15) is 0 Å². The van der Waals surface area contributed by atoms with Gasteiger partial charge in [0.05, 0.1) is 28.7 Å². The van der Waals surface area contributed by atoms with Gasteiger partial charge in [0, 0.05) is 12.4 Å². The highest BCUT2D eigenvalue weighted by atomic mass is 16.7. The normalized spacial score (nSPS) is 21.2. The highest BCUT2D eigenvalue weighted by molar-refractivity contribution is 6.61. The van der Waals surface area contributed by atoms with Crippen LogP contribution in [-0.4, -0.2) is 32.7 Å². The van der Waals surface area contributed by atoms with Gasteiger partial charge in [-0.2, -0.15) is 0 Å². The van der Waals surface area contributed by atoms with Crippen LogP contribution in [0.5, 0.6) is 0 Å². The minimum atomic E-state index is -0.421. The molecule has 5 nitrogen and oxygen atoms in total. The number of imidazole rings is 1. The summed E-state index contributed by atoms with van der Waals surface area (Å²) in [6, 6.07) is 0. The lowest BCUT2D eigenvalue weighted by Gasteiger charge is -2.32. The molecule has 1 aliphatic rings. The Morgan fingerprint density at radius 2 is 1.74 bits per heavy atom. The van der Waals surface area contributed by atoms with Crippen LogP contribution >= 0.6 is 0 Å². The number of nitrogens with zero attached hydrogens (tertiary/aromatic N) is 3. The third-order valence-corrected chi connectivity index (χ3v) is 4.02. The van der Waals surface area contributed by atoms with Gasteiger partial charge < -0.3 is 13.7 Å². The summed E-state index contributed by atoms with van der Waals surface area (Å²) in [6.45, 7) is 10.1. The zero-order valence-corrected chi connectivity index (χ0v) is 12.0. The van der Waals surface area contributed by atoms with Crippen molar-refractivity contribution in [3.63, 3.8) is 0 Å². The summed E-state index contributed by atoms with van der Waals surface area (Å²) in [4.78, 5) is 8.63. The molecule has 0 atom stereocenters. The maximum atomic E-state index is 6.06. The van der Waals surface area contributed by atoms with E-state index in [0.29, 0.717) is 0 Å². The second-order valence-corrected chi connectivity index (χ2v) is 6.03. The van der Waals surface area contributed by atoms with Crippen LogP contribution in [-0.2, 0) is 9.31 Å². The quantitative estimate of drug-likeness (QED) is 0.725. The molecule has 0 radical (unpaired) electrons. The predicted molar refractivity (Wildman–Crippen MR) is 73.4 cm³/mol. The van der Waals surface area contributed by atoms with Gasteiger partial charge in [0.25, 0.3) is 0 Å². The number of fused-ring (bicyclic) bond motifs is 1. The number of hydrogen-bond acceptors (Lipinski definition) is 4. The fourth-order valence-corrected chi connectivity index (χ4v) is 2.19. The SMILES string of the molecule is Cc1cn2c(B3OC(C)(C)C(C)(C)O3)cncc2n1. The van der Waals surface area contributed by atoms with Crippen LogP contribution in [0.2, 0.25) is 0 Å². The number of aromatic nitrogens is 3. The Morgan fingerprint density at radius 1 is 1.11 bits per heavy atom. The number of hydrogen-bond donors (Lipinski definition) is 0. The molecule has 0 saturated carbocycles. The van der Waals surface area contributed by atoms with Gasteiger partial charge in [-0.1, -0.05) is 0 Å². The van der Waals surface area contributed by atoms with Gasteiger partial charge in [0.2, 0.25) is 0 Å². The predicted octanol–water partition coefficient (Wildman–Crippen LogP) is 1.34. The summed E-state index contributed by atoms with van der Waals surface area (Å²) in [7, 11) is -0.421. The molecule has 2 aromatic heterocycles. The third-order valence-electron chi connectivity index (χ3n) is 4.02. The van der Waals surface area contributed by atoms with Crippen LogP contribution in [0.1, 0.15) is 33.4 Å². The fourth-order valence-electron chi connectivity index (χ4n) is 2.19. The van der Waals surface area contributed by atoms with E-state index < -0.39 is 7.12 Å². The zero-order valence-electron chi connectivity index (χ0n) is 12.0. The van der Waals surface area contributed by atoms with Crippen molar-refractivity contribution in [2.24, 2.45) is 0 Å². The van der Waals surface area contributed by atoms with Crippen molar-refractivity contribution < 1.29 is 9.31 Å². The van der Waals surface area contributed by atoms with E-state index in [1.807, 2.05) is 45.2 Å². The van der Waals surface area contributed by atoms with Crippen LogP contribution in [0.3, 0.4) is 0 Å². The molecule has 1 saturated heterocycles. The summed E-state index contributed by atoms with van der Waals surface area (Å²) in [5.74, 6) is 0. The largest absolute Gasteiger partial charge is 0.514 e. The summed E-state index contributed by atoms with van der Waals surface area (Å²) in [6.07, 6.45) is 5.48. The van der Waals surface area contributed by atoms with E-state index in [-0.39, 0.29) is 11.2 Å². The monoisotopic (exact) mass is 259 g/mol. The second kappa shape index (κ2) is 3.80. The van der Waals surface area contributed by atoms with E-state index >= 15 is 0 Å². The zero-order chi connectivity index (χ0) is 13.8. The minimum Gasteiger partial charge on any atom is -0.398 e. The molecular formula is C13H18BN3O2. The van der Waals surface area contributed by atoms with E-state index in [0.717, 1.165) is 16.9 Å². The Labute approximate surface area is 113 Å². The first kappa shape index (κ1) is 12.6. The van der Waals surface area contributed by atoms with Crippen molar-refractivity contribution in [2.45, 2.75) is 45.8 Å². The van der Waals surface area contributed by atoms with Crippen molar-refractivity contribution in [3.8, 4) is 0 Å². The summed E-state index contributed by atoms with van der Waals surface area (Å²) < 4.78 is 14.1. The molecule has 0 amide bonds. The summed E-state index contributed by atoms with van der Waals surface area (Å²) in [5, 5.41) is 0. The first-order valence-electron chi connectivity index (χ1n) is 6.45. The summed E-state index contributed by atoms with van der Waals surface area (Å²) >= 11 is 0. The van der Waals surface area contributed by atoms with Crippen LogP contribution in [0.15, 0.2) is 18.6 Å². The standard InChI is InChI=1S/C13H18BN3O2/c1-9-8-17-10(6-15-7-11(17)16-9)14-18-12(2,3)13(4,5)19-14/h6-8H,1-5H3. The molecule has 0 aromatic carbocycles. The molecule has 1 fully saturated rings. The van der Waals surface area contributed by atoms with E-state index in [2.05, 4.69) is 9.97 Å². The lowest BCUT2D eigenvalue weighted by molar-refractivity contribution is 0.00578. The number of aryl methyl sites for hydroxylation is 1. The minimum absolute atomic E-state index is 0.352. The van der Waals surface area contributed by atoms with Crippen molar-refractivity contribution in [2.75, 3.05) is 0 Å². The Kier molecular flexibility index (Phi) is 2.53. The van der Waals surface area contributed by atoms with E-state index in [9.17, 15) is 0 Å². The van der Waals surface area contributed by atoms with Crippen molar-refractivity contribution in [1.82, 2.24) is 14.4 Å². The van der Waals surface area contributed by atoms with Crippen molar-refractivity contribution in [3.05, 3.63) is 24.3 Å². The Balaban J connectivity index is 2.07. The molecule has 2 aromatic rings. The van der Waals surface area contributed by atoms with Gasteiger partial charge >= 0.3 is 7.12 Å². The molecule has 0 spiro atoms. The van der Waals surface area contributed by atoms with Gasteiger partial charge in [-0.15, -0.1) is 0 Å². The molecule has 0 bridgehead atoms. The van der Waals surface area contributed by atoms with Crippen LogP contribution in [0.4, 0.5) is 0 Å². The molecule has 100 valence electrons. The Bertz CT molecular complexity index is 620. The Hall–Kier alpha value is -1.40. The average molecular weight is 259 g/mol. The topological polar surface area (TPSA) is 48.7 Å². The lowest BCUT2D eigenvalue weighted by Crippen LogP contribution is -2.41. The number of rotatable bonds is 1. The fraction of sp³-hybridized carbons (Fsp3) is 0.538. The van der Waals surface area contributed by atoms with Crippen molar-refractivity contribution in [1.29, 1.82) is 0 Å². The van der Waals surface area contributed by atoms with Crippen molar-refractivity contribution >= 4 is 18.4 Å². The first-order valence-corrected chi connectivity index (χ1v) is 6.45. The molecule has 0 N–H and O–H groups in total. The second-order valence-electron chi connectivity index (χ2n) is 6.03. The lowest BCUT2D eigenvalue weighted by atomic mass is 9.85. The van der Waals surface area contributed by atoms with Gasteiger partial charge in [-0.05, 0) is 34.6 Å². The summed E-state index contributed by atoms with van der Waals surface area (Å²) in [5.41, 5.74) is 1.93. The van der Waals surface area contributed by atoms with E-state index in [4.69, 9.17) is 9.31 Å². The maximum absolute atomic E-state index is 6.06. The highest BCUT2D eigenvalue weighted by Gasteiger charge is 2.52.